The number of carbonyl (C=O) groups is 2. The summed E-state index contributed by atoms with van der Waals surface area (Å²) in [4.78, 5) is 23.1. The van der Waals surface area contributed by atoms with Gasteiger partial charge in [0.05, 0.1) is 23.0 Å². The van der Waals surface area contributed by atoms with Gasteiger partial charge in [-0.2, -0.15) is 5.10 Å². The lowest BCUT2D eigenvalue weighted by atomic mass is 9.73. The van der Waals surface area contributed by atoms with Gasteiger partial charge in [-0.1, -0.05) is 6.92 Å². The second-order valence-electron chi connectivity index (χ2n) is 5.75. The number of carboxylic acids is 2. The first kappa shape index (κ1) is 17.7. The topological polar surface area (TPSA) is 103 Å². The van der Waals surface area contributed by atoms with E-state index in [-0.39, 0.29) is 12.3 Å². The van der Waals surface area contributed by atoms with Gasteiger partial charge in [-0.05, 0) is 46.5 Å². The number of H-pyrrole nitrogens is 1. The molecule has 2 atom stereocenters. The van der Waals surface area contributed by atoms with E-state index in [4.69, 9.17) is 11.6 Å². The quantitative estimate of drug-likeness (QED) is 0.641. The summed E-state index contributed by atoms with van der Waals surface area (Å²) in [5.41, 5.74) is 0.763. The van der Waals surface area contributed by atoms with Gasteiger partial charge in [-0.25, -0.2) is 0 Å². The fourth-order valence-electron chi connectivity index (χ4n) is 2.58. The first-order chi connectivity index (χ1) is 10.7. The van der Waals surface area contributed by atoms with Crippen molar-refractivity contribution in [1.29, 1.82) is 0 Å². The van der Waals surface area contributed by atoms with E-state index >= 15 is 0 Å². The second kappa shape index (κ2) is 6.49. The van der Waals surface area contributed by atoms with E-state index < -0.39 is 23.3 Å². The highest BCUT2D eigenvalue weighted by Crippen LogP contribution is 2.37. The summed E-state index contributed by atoms with van der Waals surface area (Å²) in [5, 5.41) is 26.5. The summed E-state index contributed by atoms with van der Waals surface area (Å²) in [5.74, 6) is -3.18. The van der Waals surface area contributed by atoms with E-state index in [0.717, 1.165) is 20.9 Å². The Balaban J connectivity index is 2.59. The van der Waals surface area contributed by atoms with E-state index in [2.05, 4.69) is 26.1 Å². The first-order valence-electron chi connectivity index (χ1n) is 6.87. The van der Waals surface area contributed by atoms with Crippen molar-refractivity contribution in [3.63, 3.8) is 0 Å². The van der Waals surface area contributed by atoms with Crippen molar-refractivity contribution >= 4 is 50.4 Å². The number of carboxylic acid groups (broad SMARTS) is 2. The predicted molar refractivity (Wildman–Crippen MR) is 89.6 cm³/mol. The maximum Gasteiger partial charge on any atom is 0.310 e. The third-order valence-electron chi connectivity index (χ3n) is 4.40. The molecule has 0 saturated heterocycles. The molecule has 0 aliphatic carbocycles. The molecule has 1 aromatic heterocycles. The lowest BCUT2D eigenvalue weighted by Gasteiger charge is -2.29. The van der Waals surface area contributed by atoms with E-state index in [9.17, 15) is 19.8 Å². The minimum Gasteiger partial charge on any atom is -0.481 e. The Bertz CT molecular complexity index is 776. The summed E-state index contributed by atoms with van der Waals surface area (Å²) in [6.07, 6.45) is 1.68. The van der Waals surface area contributed by atoms with Crippen LogP contribution in [0.15, 0.2) is 16.7 Å². The Morgan fingerprint density at radius 2 is 2.13 bits per heavy atom. The summed E-state index contributed by atoms with van der Waals surface area (Å²) < 4.78 is 0.726. The molecule has 1 aromatic carbocycles. The molecular formula is C15H16BrClN2O4. The third-order valence-corrected chi connectivity index (χ3v) is 5.29. The molecule has 2 aromatic rings. The van der Waals surface area contributed by atoms with Crippen LogP contribution in [-0.2, 0) is 21.9 Å². The zero-order valence-electron chi connectivity index (χ0n) is 12.6. The zero-order valence-corrected chi connectivity index (χ0v) is 14.9. The minimum atomic E-state index is -1.45. The van der Waals surface area contributed by atoms with Gasteiger partial charge in [-0.3, -0.25) is 14.7 Å². The molecule has 6 nitrogen and oxygen atoms in total. The molecule has 0 spiro atoms. The first-order valence-corrected chi connectivity index (χ1v) is 8.20. The van der Waals surface area contributed by atoms with Gasteiger partial charge in [0.25, 0.3) is 0 Å². The molecule has 23 heavy (non-hydrogen) atoms. The number of benzene rings is 1. The average molecular weight is 404 g/mol. The van der Waals surface area contributed by atoms with Crippen LogP contribution in [0.5, 0.6) is 0 Å². The van der Waals surface area contributed by atoms with Crippen LogP contribution < -0.4 is 0 Å². The highest BCUT2D eigenvalue weighted by atomic mass is 79.9. The van der Waals surface area contributed by atoms with Crippen LogP contribution >= 0.6 is 27.5 Å². The number of rotatable bonds is 6. The van der Waals surface area contributed by atoms with Crippen molar-refractivity contribution in [2.24, 2.45) is 11.3 Å². The maximum absolute atomic E-state index is 11.7. The lowest BCUT2D eigenvalue weighted by molar-refractivity contribution is -0.160. The molecule has 8 heteroatoms. The third kappa shape index (κ3) is 3.07. The molecule has 2 unspecified atom stereocenters. The fraction of sp³-hybridized carbons (Fsp3) is 0.400. The van der Waals surface area contributed by atoms with Crippen molar-refractivity contribution in [3.8, 4) is 0 Å². The van der Waals surface area contributed by atoms with E-state index in [1.54, 1.807) is 12.3 Å². The van der Waals surface area contributed by atoms with Gasteiger partial charge in [0.2, 0.25) is 0 Å². The van der Waals surface area contributed by atoms with E-state index in [1.807, 2.05) is 0 Å². The van der Waals surface area contributed by atoms with Crippen molar-refractivity contribution in [3.05, 3.63) is 27.9 Å². The zero-order chi connectivity index (χ0) is 17.4. The number of halogens is 2. The number of fused-ring (bicyclic) bond motifs is 1. The van der Waals surface area contributed by atoms with Gasteiger partial charge in [-0.15, -0.1) is 11.6 Å². The molecule has 1 heterocycles. The Labute approximate surface area is 146 Å². The Hall–Kier alpha value is -1.60. The number of hydrogen-bond acceptors (Lipinski definition) is 3. The van der Waals surface area contributed by atoms with E-state index in [0.29, 0.717) is 5.56 Å². The molecule has 3 N–H and O–H groups in total. The highest BCUT2D eigenvalue weighted by Gasteiger charge is 2.43. The molecule has 0 radical (unpaired) electrons. The number of aromatic nitrogens is 2. The smallest absolute Gasteiger partial charge is 0.310 e. The van der Waals surface area contributed by atoms with Crippen LogP contribution in [-0.4, -0.2) is 32.3 Å². The Morgan fingerprint density at radius 3 is 2.65 bits per heavy atom. The molecule has 0 saturated carbocycles. The number of nitrogens with one attached hydrogen (secondary N) is 1. The summed E-state index contributed by atoms with van der Waals surface area (Å²) in [7, 11) is 0. The molecule has 0 amide bonds. The van der Waals surface area contributed by atoms with Crippen LogP contribution in [0.4, 0.5) is 0 Å². The van der Waals surface area contributed by atoms with Crippen LogP contribution in [0.1, 0.15) is 25.0 Å². The molecule has 0 fully saturated rings. The van der Waals surface area contributed by atoms with Crippen LogP contribution in [0, 0.1) is 11.3 Å². The number of aliphatic carboxylic acids is 2. The SMILES string of the molecule is CC(C(=O)O)C(C)(Cc1cc(Br)c2[nH]ncc2c1CCl)C(=O)O. The highest BCUT2D eigenvalue weighted by molar-refractivity contribution is 9.10. The summed E-state index contributed by atoms with van der Waals surface area (Å²) in [6.45, 7) is 2.85. The number of nitrogens with zero attached hydrogens (tertiary/aromatic N) is 1. The Morgan fingerprint density at radius 1 is 1.48 bits per heavy atom. The molecule has 0 bridgehead atoms. The lowest BCUT2D eigenvalue weighted by Crippen LogP contribution is -2.40. The average Bonchev–Trinajstić information content (AvgIpc) is 2.96. The van der Waals surface area contributed by atoms with Gasteiger partial charge >= 0.3 is 11.9 Å². The molecule has 2 rings (SSSR count). The minimum absolute atomic E-state index is 0.0531. The van der Waals surface area contributed by atoms with Gasteiger partial charge < -0.3 is 10.2 Å². The normalized spacial score (nSPS) is 15.3. The number of alkyl halides is 1. The largest absolute Gasteiger partial charge is 0.481 e. The maximum atomic E-state index is 11.7. The molecule has 0 aliphatic heterocycles. The second-order valence-corrected chi connectivity index (χ2v) is 6.87. The standard InChI is InChI=1S/C15H16BrClN2O4/c1-7(13(20)21)15(2,14(22)23)4-8-3-11(16)12-10(6-18-19-12)9(8)5-17/h3,6-7H,4-5H2,1-2H3,(H,18,19)(H,20,21)(H,22,23). The van der Waals surface area contributed by atoms with Gasteiger partial charge in [0, 0.05) is 15.7 Å². The van der Waals surface area contributed by atoms with E-state index in [1.165, 1.54) is 13.8 Å². The van der Waals surface area contributed by atoms with Crippen LogP contribution in [0.25, 0.3) is 10.9 Å². The predicted octanol–water partition coefficient (Wildman–Crippen LogP) is 3.42. The number of aromatic amines is 1. The van der Waals surface area contributed by atoms with Gasteiger partial charge in [0.1, 0.15) is 0 Å². The van der Waals surface area contributed by atoms with Crippen molar-refractivity contribution < 1.29 is 19.8 Å². The van der Waals surface area contributed by atoms with Crippen molar-refractivity contribution in [2.75, 3.05) is 0 Å². The monoisotopic (exact) mass is 402 g/mol. The van der Waals surface area contributed by atoms with Crippen LogP contribution in [0.3, 0.4) is 0 Å². The van der Waals surface area contributed by atoms with Crippen molar-refractivity contribution in [1.82, 2.24) is 10.2 Å². The fourth-order valence-corrected chi connectivity index (χ4v) is 3.47. The van der Waals surface area contributed by atoms with Crippen molar-refractivity contribution in [2.45, 2.75) is 26.1 Å². The Kier molecular flexibility index (Phi) is 5.01. The summed E-state index contributed by atoms with van der Waals surface area (Å²) in [6, 6.07) is 1.77. The molecular weight excluding hydrogens is 388 g/mol. The van der Waals surface area contributed by atoms with Crippen LogP contribution in [0.2, 0.25) is 0 Å². The van der Waals surface area contributed by atoms with Gasteiger partial charge in [0.15, 0.2) is 0 Å². The number of hydrogen-bond donors (Lipinski definition) is 3. The summed E-state index contributed by atoms with van der Waals surface area (Å²) >= 11 is 9.47. The molecule has 0 aliphatic rings. The molecule has 124 valence electrons.